The van der Waals surface area contributed by atoms with Crippen molar-refractivity contribution in [3.8, 4) is 17.2 Å². The number of carbonyl (C=O) groups is 1. The quantitative estimate of drug-likeness (QED) is 0.467. The van der Waals surface area contributed by atoms with Crippen molar-refractivity contribution in [3.05, 3.63) is 77.6 Å². The Kier molecular flexibility index (Phi) is 7.39. The van der Waals surface area contributed by atoms with Gasteiger partial charge in [0, 0.05) is 38.4 Å². The number of piperazine rings is 1. The minimum Gasteiger partial charge on any atom is -0.483 e. The van der Waals surface area contributed by atoms with Crippen molar-refractivity contribution < 1.29 is 31.8 Å². The number of ether oxygens (including phenoxy) is 3. The van der Waals surface area contributed by atoms with E-state index in [1.165, 1.54) is 42.5 Å². The summed E-state index contributed by atoms with van der Waals surface area (Å²) in [6.07, 6.45) is 0. The molecular formula is C27H28FN3O6S. The standard InChI is InChI=1S/C27H28FN3O6S/c1-19-14-23(38(33,34)29-22-5-3-21(28)4-6-22)7-9-24(19)35-17-27(32)31-12-10-30(11-13-31)16-20-2-8-25-26(15-20)37-18-36-25/h2-9,14-15,29H,10-13,16-18H2,1H3. The predicted molar refractivity (Wildman–Crippen MR) is 138 cm³/mol. The molecule has 0 bridgehead atoms. The number of fused-ring (bicyclic) bond motifs is 1. The van der Waals surface area contributed by atoms with Crippen LogP contribution in [-0.2, 0) is 21.4 Å². The first kappa shape index (κ1) is 25.8. The van der Waals surface area contributed by atoms with Gasteiger partial charge in [0.05, 0.1) is 4.90 Å². The van der Waals surface area contributed by atoms with Crippen LogP contribution in [0, 0.1) is 12.7 Å². The number of nitrogens with zero attached hydrogens (tertiary/aromatic N) is 2. The van der Waals surface area contributed by atoms with Gasteiger partial charge in [-0.25, -0.2) is 12.8 Å². The van der Waals surface area contributed by atoms with E-state index < -0.39 is 15.8 Å². The second kappa shape index (κ2) is 10.9. The van der Waals surface area contributed by atoms with Gasteiger partial charge in [-0.3, -0.25) is 14.4 Å². The van der Waals surface area contributed by atoms with Crippen molar-refractivity contribution in [1.29, 1.82) is 0 Å². The van der Waals surface area contributed by atoms with Crippen LogP contribution in [0.3, 0.4) is 0 Å². The van der Waals surface area contributed by atoms with E-state index in [0.29, 0.717) is 24.4 Å². The average molecular weight is 542 g/mol. The maximum absolute atomic E-state index is 13.1. The molecule has 0 aliphatic carbocycles. The van der Waals surface area contributed by atoms with Crippen molar-refractivity contribution >= 4 is 21.6 Å². The number of benzene rings is 3. The highest BCUT2D eigenvalue weighted by molar-refractivity contribution is 7.92. The summed E-state index contributed by atoms with van der Waals surface area (Å²) < 4.78 is 57.4. The van der Waals surface area contributed by atoms with E-state index in [0.717, 1.165) is 36.7 Å². The molecular weight excluding hydrogens is 513 g/mol. The van der Waals surface area contributed by atoms with Gasteiger partial charge in [0.2, 0.25) is 6.79 Å². The number of hydrogen-bond donors (Lipinski definition) is 1. The summed E-state index contributed by atoms with van der Waals surface area (Å²) in [6, 6.07) is 15.4. The molecule has 2 heterocycles. The van der Waals surface area contributed by atoms with E-state index in [4.69, 9.17) is 14.2 Å². The van der Waals surface area contributed by atoms with E-state index >= 15 is 0 Å². The van der Waals surface area contributed by atoms with E-state index in [2.05, 4.69) is 9.62 Å². The van der Waals surface area contributed by atoms with Crippen LogP contribution in [0.2, 0.25) is 0 Å². The van der Waals surface area contributed by atoms with Crippen LogP contribution in [-0.4, -0.2) is 63.7 Å². The zero-order chi connectivity index (χ0) is 26.7. The predicted octanol–water partition coefficient (Wildman–Crippen LogP) is 3.39. The highest BCUT2D eigenvalue weighted by Gasteiger charge is 2.23. The van der Waals surface area contributed by atoms with Crippen LogP contribution in [0.25, 0.3) is 0 Å². The maximum atomic E-state index is 13.1. The molecule has 1 fully saturated rings. The lowest BCUT2D eigenvalue weighted by Crippen LogP contribution is -2.49. The fraction of sp³-hybridized carbons (Fsp3) is 0.296. The van der Waals surface area contributed by atoms with Crippen LogP contribution >= 0.6 is 0 Å². The summed E-state index contributed by atoms with van der Waals surface area (Å²) in [5, 5.41) is 0. The maximum Gasteiger partial charge on any atom is 0.261 e. The molecule has 2 aliphatic rings. The van der Waals surface area contributed by atoms with Crippen molar-refractivity contribution in [2.24, 2.45) is 0 Å². The van der Waals surface area contributed by atoms with Gasteiger partial charge in [-0.1, -0.05) is 6.07 Å². The van der Waals surface area contributed by atoms with Gasteiger partial charge in [0.15, 0.2) is 18.1 Å². The van der Waals surface area contributed by atoms with E-state index in [1.54, 1.807) is 11.8 Å². The topological polar surface area (TPSA) is 97.4 Å². The molecule has 0 saturated carbocycles. The number of rotatable bonds is 8. The number of anilines is 1. The fourth-order valence-electron chi connectivity index (χ4n) is 4.37. The van der Waals surface area contributed by atoms with Gasteiger partial charge in [-0.05, 0) is 72.6 Å². The van der Waals surface area contributed by atoms with Gasteiger partial charge in [0.1, 0.15) is 11.6 Å². The van der Waals surface area contributed by atoms with E-state index in [-0.39, 0.29) is 29.9 Å². The number of amides is 1. The zero-order valence-electron chi connectivity index (χ0n) is 20.9. The van der Waals surface area contributed by atoms with Crippen LogP contribution in [0.5, 0.6) is 17.2 Å². The molecule has 11 heteroatoms. The van der Waals surface area contributed by atoms with Gasteiger partial charge in [-0.15, -0.1) is 0 Å². The number of halogens is 1. The molecule has 200 valence electrons. The van der Waals surface area contributed by atoms with E-state index in [1.807, 2.05) is 18.2 Å². The van der Waals surface area contributed by atoms with Crippen molar-refractivity contribution in [3.63, 3.8) is 0 Å². The molecule has 3 aromatic carbocycles. The summed E-state index contributed by atoms with van der Waals surface area (Å²) >= 11 is 0. The smallest absolute Gasteiger partial charge is 0.261 e. The molecule has 1 saturated heterocycles. The van der Waals surface area contributed by atoms with Gasteiger partial charge < -0.3 is 19.1 Å². The Hall–Kier alpha value is -3.83. The molecule has 38 heavy (non-hydrogen) atoms. The largest absolute Gasteiger partial charge is 0.483 e. The number of carbonyl (C=O) groups excluding carboxylic acids is 1. The first-order chi connectivity index (χ1) is 18.3. The number of sulfonamides is 1. The molecule has 0 radical (unpaired) electrons. The minimum absolute atomic E-state index is 0.0385. The highest BCUT2D eigenvalue weighted by atomic mass is 32.2. The monoisotopic (exact) mass is 541 g/mol. The molecule has 0 aromatic heterocycles. The Morgan fingerprint density at radius 1 is 0.974 bits per heavy atom. The lowest BCUT2D eigenvalue weighted by Gasteiger charge is -2.34. The summed E-state index contributed by atoms with van der Waals surface area (Å²) in [5.74, 6) is 1.38. The molecule has 1 amide bonds. The Labute approximate surface area is 220 Å². The summed E-state index contributed by atoms with van der Waals surface area (Å²) in [7, 11) is -3.87. The SMILES string of the molecule is Cc1cc(S(=O)(=O)Nc2ccc(F)cc2)ccc1OCC(=O)N1CCN(Cc2ccc3c(c2)OCO3)CC1. The average Bonchev–Trinajstić information content (AvgIpc) is 3.37. The third-order valence-corrected chi connectivity index (χ3v) is 7.85. The molecule has 9 nitrogen and oxygen atoms in total. The molecule has 1 N–H and O–H groups in total. The molecule has 0 atom stereocenters. The first-order valence-electron chi connectivity index (χ1n) is 12.2. The van der Waals surface area contributed by atoms with Crippen LogP contribution < -0.4 is 18.9 Å². The van der Waals surface area contributed by atoms with Gasteiger partial charge in [0.25, 0.3) is 15.9 Å². The number of nitrogens with one attached hydrogen (secondary N) is 1. The Morgan fingerprint density at radius 3 is 2.45 bits per heavy atom. The van der Waals surface area contributed by atoms with E-state index in [9.17, 15) is 17.6 Å². The normalized spacial score (nSPS) is 15.4. The molecule has 0 spiro atoms. The summed E-state index contributed by atoms with van der Waals surface area (Å²) in [4.78, 5) is 16.8. The Balaban J connectivity index is 1.11. The van der Waals surface area contributed by atoms with Crippen LogP contribution in [0.4, 0.5) is 10.1 Å². The molecule has 5 rings (SSSR count). The third kappa shape index (κ3) is 6.00. The van der Waals surface area contributed by atoms with Crippen LogP contribution in [0.1, 0.15) is 11.1 Å². The second-order valence-corrected chi connectivity index (χ2v) is 10.9. The highest BCUT2D eigenvalue weighted by Crippen LogP contribution is 2.33. The molecule has 2 aliphatic heterocycles. The van der Waals surface area contributed by atoms with Gasteiger partial charge >= 0.3 is 0 Å². The first-order valence-corrected chi connectivity index (χ1v) is 13.7. The van der Waals surface area contributed by atoms with Crippen molar-refractivity contribution in [2.45, 2.75) is 18.4 Å². The number of aryl methyl sites for hydroxylation is 1. The summed E-state index contributed by atoms with van der Waals surface area (Å²) in [5.41, 5.74) is 1.96. The second-order valence-electron chi connectivity index (χ2n) is 9.17. The Bertz CT molecular complexity index is 1420. The van der Waals surface area contributed by atoms with Crippen LogP contribution in [0.15, 0.2) is 65.6 Å². The zero-order valence-corrected chi connectivity index (χ0v) is 21.7. The number of hydrogen-bond acceptors (Lipinski definition) is 7. The minimum atomic E-state index is -3.87. The Morgan fingerprint density at radius 2 is 1.71 bits per heavy atom. The third-order valence-electron chi connectivity index (χ3n) is 6.47. The lowest BCUT2D eigenvalue weighted by atomic mass is 10.1. The lowest BCUT2D eigenvalue weighted by molar-refractivity contribution is -0.135. The van der Waals surface area contributed by atoms with Crippen molar-refractivity contribution in [1.82, 2.24) is 9.80 Å². The molecule has 3 aromatic rings. The summed E-state index contributed by atoms with van der Waals surface area (Å²) in [6.45, 7) is 5.27. The fourth-order valence-corrected chi connectivity index (χ4v) is 5.51. The van der Waals surface area contributed by atoms with Gasteiger partial charge in [-0.2, -0.15) is 0 Å². The van der Waals surface area contributed by atoms with Crippen molar-refractivity contribution in [2.75, 3.05) is 44.3 Å². The molecule has 0 unspecified atom stereocenters.